The van der Waals surface area contributed by atoms with Gasteiger partial charge in [0.25, 0.3) is 0 Å². The summed E-state index contributed by atoms with van der Waals surface area (Å²) in [7, 11) is 0. The number of pyridine rings is 2. The lowest BCUT2D eigenvalue weighted by molar-refractivity contribution is -0.193. The molecule has 4 heterocycles. The second kappa shape index (κ2) is 13.6. The zero-order valence-electron chi connectivity index (χ0n) is 20.0. The molecule has 9 nitrogen and oxygen atoms in total. The average molecular weight is 584 g/mol. The van der Waals surface area contributed by atoms with E-state index in [0.717, 1.165) is 36.5 Å². The minimum Gasteiger partial charge on any atom is -0.475 e. The average Bonchev–Trinajstić information content (AvgIpc) is 3.28. The van der Waals surface area contributed by atoms with Gasteiger partial charge >= 0.3 is 24.3 Å². The highest BCUT2D eigenvalue weighted by Gasteiger charge is 2.50. The summed E-state index contributed by atoms with van der Waals surface area (Å²) in [6.07, 6.45) is -3.16. The predicted molar refractivity (Wildman–Crippen MR) is 125 cm³/mol. The Bertz CT molecular complexity index is 1080. The van der Waals surface area contributed by atoms with E-state index in [1.54, 1.807) is 18.6 Å². The Hall–Kier alpha value is -3.40. The number of ether oxygens (including phenoxy) is 1. The van der Waals surface area contributed by atoms with Crippen molar-refractivity contribution in [1.29, 1.82) is 0 Å². The zero-order chi connectivity index (χ0) is 29.3. The van der Waals surface area contributed by atoms with Crippen molar-refractivity contribution < 1.29 is 55.7 Å². The lowest BCUT2D eigenvalue weighted by atomic mass is 9.92. The maximum Gasteiger partial charge on any atom is 0.490 e. The Balaban J connectivity index is 0.000000317. The molecule has 2 saturated heterocycles. The molecule has 2 aromatic heterocycles. The molecular formula is C23H23F6N3O6S. The second-order valence-electron chi connectivity index (χ2n) is 8.34. The van der Waals surface area contributed by atoms with E-state index >= 15 is 0 Å². The third kappa shape index (κ3) is 10.7. The highest BCUT2D eigenvalue weighted by atomic mass is 32.2. The molecule has 1 amide bonds. The van der Waals surface area contributed by atoms with Crippen LogP contribution in [-0.2, 0) is 32.1 Å². The topological polar surface area (TPSA) is 130 Å². The molecule has 2 fully saturated rings. The van der Waals surface area contributed by atoms with Gasteiger partial charge in [-0.3, -0.25) is 14.8 Å². The first-order valence-electron chi connectivity index (χ1n) is 11.0. The van der Waals surface area contributed by atoms with E-state index in [9.17, 15) is 31.1 Å². The van der Waals surface area contributed by atoms with E-state index in [0.29, 0.717) is 13.0 Å². The second-order valence-corrected chi connectivity index (χ2v) is 9.83. The van der Waals surface area contributed by atoms with Crippen LogP contribution in [0.4, 0.5) is 26.3 Å². The van der Waals surface area contributed by atoms with Gasteiger partial charge in [0.15, 0.2) is 0 Å². The van der Waals surface area contributed by atoms with Crippen molar-refractivity contribution in [2.75, 3.05) is 18.8 Å². The molecule has 0 aliphatic carbocycles. The van der Waals surface area contributed by atoms with Crippen LogP contribution in [0, 0.1) is 0 Å². The minimum atomic E-state index is -5.08. The third-order valence-corrected chi connectivity index (χ3v) is 6.84. The van der Waals surface area contributed by atoms with Gasteiger partial charge in [-0.15, -0.1) is 11.8 Å². The molecule has 39 heavy (non-hydrogen) atoms. The fraction of sp³-hybridized carbons (Fsp3) is 0.435. The molecule has 16 heteroatoms. The van der Waals surface area contributed by atoms with Crippen LogP contribution < -0.4 is 0 Å². The number of nitrogens with zero attached hydrogens (tertiary/aromatic N) is 3. The van der Waals surface area contributed by atoms with Crippen molar-refractivity contribution in [2.24, 2.45) is 0 Å². The number of carboxylic acid groups (broad SMARTS) is 2. The van der Waals surface area contributed by atoms with Crippen LogP contribution in [0.5, 0.6) is 0 Å². The van der Waals surface area contributed by atoms with Crippen molar-refractivity contribution >= 4 is 29.6 Å². The third-order valence-electron chi connectivity index (χ3n) is 5.26. The van der Waals surface area contributed by atoms with Crippen LogP contribution in [0.15, 0.2) is 48.9 Å². The summed E-state index contributed by atoms with van der Waals surface area (Å²) < 4.78 is 69.7. The first-order chi connectivity index (χ1) is 18.1. The van der Waals surface area contributed by atoms with Crippen LogP contribution in [0.3, 0.4) is 0 Å². The summed E-state index contributed by atoms with van der Waals surface area (Å²) in [5.74, 6) is -4.33. The number of likely N-dealkylation sites (tertiary alicyclic amines) is 1. The lowest BCUT2D eigenvalue weighted by Gasteiger charge is -2.47. The molecule has 0 bridgehead atoms. The molecule has 4 rings (SSSR count). The number of hydrogen-bond acceptors (Lipinski definition) is 7. The van der Waals surface area contributed by atoms with Gasteiger partial charge in [0.1, 0.15) is 0 Å². The summed E-state index contributed by atoms with van der Waals surface area (Å²) in [4.78, 5) is 40.4. The van der Waals surface area contributed by atoms with E-state index in [1.165, 1.54) is 0 Å². The van der Waals surface area contributed by atoms with Crippen molar-refractivity contribution in [1.82, 2.24) is 14.9 Å². The SMILES string of the molecule is O=C(Cc1ccccn1)N1CC2(CC(OCc3ccncc3)CS2)C1.O=C(O)C(F)(F)F.O=C(O)C(F)(F)F. The first kappa shape index (κ1) is 31.8. The van der Waals surface area contributed by atoms with E-state index in [2.05, 4.69) is 9.97 Å². The van der Waals surface area contributed by atoms with Gasteiger partial charge in [-0.1, -0.05) is 6.07 Å². The summed E-state index contributed by atoms with van der Waals surface area (Å²) in [6, 6.07) is 9.66. The van der Waals surface area contributed by atoms with Crippen molar-refractivity contribution in [3.05, 3.63) is 60.2 Å². The number of thioether (sulfide) groups is 1. The number of aromatic nitrogens is 2. The highest BCUT2D eigenvalue weighted by molar-refractivity contribution is 8.01. The van der Waals surface area contributed by atoms with Crippen LogP contribution in [0.1, 0.15) is 17.7 Å². The maximum absolute atomic E-state index is 12.4. The fourth-order valence-electron chi connectivity index (χ4n) is 3.42. The van der Waals surface area contributed by atoms with Crippen LogP contribution in [0.25, 0.3) is 0 Å². The number of carbonyl (C=O) groups is 3. The van der Waals surface area contributed by atoms with Gasteiger partial charge in [0, 0.05) is 43.1 Å². The zero-order valence-corrected chi connectivity index (χ0v) is 20.8. The van der Waals surface area contributed by atoms with Gasteiger partial charge in [-0.25, -0.2) is 9.59 Å². The molecule has 2 aromatic rings. The number of aliphatic carboxylic acids is 2. The Morgan fingerprint density at radius 3 is 2.03 bits per heavy atom. The largest absolute Gasteiger partial charge is 0.490 e. The van der Waals surface area contributed by atoms with E-state index in [1.807, 2.05) is 47.0 Å². The van der Waals surface area contributed by atoms with Crippen LogP contribution in [0.2, 0.25) is 0 Å². The van der Waals surface area contributed by atoms with E-state index in [4.69, 9.17) is 24.5 Å². The van der Waals surface area contributed by atoms with Gasteiger partial charge in [-0.2, -0.15) is 26.3 Å². The molecule has 214 valence electrons. The quantitative estimate of drug-likeness (QED) is 0.508. The van der Waals surface area contributed by atoms with Crippen molar-refractivity contribution in [3.63, 3.8) is 0 Å². The standard InChI is InChI=1S/C19H21N3O2S.2C2HF3O2/c23-18(9-16-3-1-2-6-21-16)22-13-19(14-22)10-17(12-25-19)24-11-15-4-7-20-8-5-15;2*3-2(4,5)1(6)7/h1-8,17H,9-14H2;2*(H,6,7). The van der Waals surface area contributed by atoms with Crippen molar-refractivity contribution in [2.45, 2.75) is 42.7 Å². The Kier molecular flexibility index (Phi) is 11.1. The summed E-state index contributed by atoms with van der Waals surface area (Å²) in [5.41, 5.74) is 1.99. The van der Waals surface area contributed by atoms with Crippen LogP contribution >= 0.6 is 11.8 Å². The molecule has 2 N–H and O–H groups in total. The number of amides is 1. The number of rotatable bonds is 5. The normalized spacial score (nSPS) is 17.7. The summed E-state index contributed by atoms with van der Waals surface area (Å²) >= 11 is 1.96. The number of carboxylic acids is 2. The van der Waals surface area contributed by atoms with Crippen LogP contribution in [-0.4, -0.2) is 85.0 Å². The molecular weight excluding hydrogens is 560 g/mol. The lowest BCUT2D eigenvalue weighted by Crippen LogP contribution is -2.61. The molecule has 0 saturated carbocycles. The molecule has 1 unspecified atom stereocenters. The Labute approximate surface area is 222 Å². The van der Waals surface area contributed by atoms with E-state index in [-0.39, 0.29) is 16.8 Å². The minimum absolute atomic E-state index is 0.172. The molecule has 1 spiro atoms. The number of alkyl halides is 6. The van der Waals surface area contributed by atoms with Gasteiger partial charge in [-0.05, 0) is 36.2 Å². The molecule has 0 radical (unpaired) electrons. The van der Waals surface area contributed by atoms with Gasteiger partial charge < -0.3 is 19.8 Å². The molecule has 2 aliphatic rings. The molecule has 1 atom stereocenters. The van der Waals surface area contributed by atoms with Gasteiger partial charge in [0.2, 0.25) is 5.91 Å². The van der Waals surface area contributed by atoms with Crippen molar-refractivity contribution in [3.8, 4) is 0 Å². The highest BCUT2D eigenvalue weighted by Crippen LogP contribution is 2.46. The predicted octanol–water partition coefficient (Wildman–Crippen LogP) is 3.59. The molecule has 0 aromatic carbocycles. The summed E-state index contributed by atoms with van der Waals surface area (Å²) in [5, 5.41) is 14.2. The first-order valence-corrected chi connectivity index (χ1v) is 12.0. The Morgan fingerprint density at radius 2 is 1.54 bits per heavy atom. The number of halogens is 6. The smallest absolute Gasteiger partial charge is 0.475 e. The summed E-state index contributed by atoms with van der Waals surface area (Å²) in [6.45, 7) is 2.29. The Morgan fingerprint density at radius 1 is 0.974 bits per heavy atom. The number of hydrogen-bond donors (Lipinski definition) is 2. The molecule has 2 aliphatic heterocycles. The van der Waals surface area contributed by atoms with E-state index < -0.39 is 24.3 Å². The van der Waals surface area contributed by atoms with Gasteiger partial charge in [0.05, 0.1) is 23.9 Å². The number of carbonyl (C=O) groups excluding carboxylic acids is 1. The maximum atomic E-state index is 12.4. The fourth-order valence-corrected chi connectivity index (χ4v) is 4.97. The monoisotopic (exact) mass is 583 g/mol.